The van der Waals surface area contributed by atoms with Crippen molar-refractivity contribution >= 4 is 11.8 Å². The maximum Gasteiger partial charge on any atom is 0.356 e. The van der Waals surface area contributed by atoms with Crippen molar-refractivity contribution in [2.24, 2.45) is 7.05 Å². The van der Waals surface area contributed by atoms with Gasteiger partial charge in [0.2, 0.25) is 0 Å². The van der Waals surface area contributed by atoms with E-state index in [9.17, 15) is 4.79 Å². The van der Waals surface area contributed by atoms with Crippen LogP contribution in [0.4, 0.5) is 5.82 Å². The molecular weight excluding hydrogens is 246 g/mol. The molecule has 0 amide bonds. The van der Waals surface area contributed by atoms with Gasteiger partial charge in [0.1, 0.15) is 5.82 Å². The number of carbonyl (C=O) groups is 1. The van der Waals surface area contributed by atoms with E-state index in [4.69, 9.17) is 5.11 Å². The van der Waals surface area contributed by atoms with E-state index in [0.717, 1.165) is 17.0 Å². The first kappa shape index (κ1) is 13.0. The van der Waals surface area contributed by atoms with E-state index in [-0.39, 0.29) is 5.69 Å². The van der Waals surface area contributed by atoms with E-state index in [1.165, 1.54) is 6.07 Å². The van der Waals surface area contributed by atoms with E-state index < -0.39 is 5.97 Å². The molecule has 2 N–H and O–H groups in total. The zero-order valence-electron chi connectivity index (χ0n) is 11.0. The minimum atomic E-state index is -1.09. The Morgan fingerprint density at radius 3 is 2.58 bits per heavy atom. The average Bonchev–Trinajstić information content (AvgIpc) is 2.62. The summed E-state index contributed by atoms with van der Waals surface area (Å²) in [5.74, 6) is -0.550. The van der Waals surface area contributed by atoms with Crippen LogP contribution in [0.25, 0.3) is 0 Å². The topological polar surface area (TPSA) is 92.9 Å². The normalized spacial score (nSPS) is 10.5. The lowest BCUT2D eigenvalue weighted by Gasteiger charge is -2.05. The van der Waals surface area contributed by atoms with Crippen LogP contribution in [0, 0.1) is 13.8 Å². The number of aryl methyl sites for hydroxylation is 2. The molecule has 19 heavy (non-hydrogen) atoms. The molecule has 0 saturated heterocycles. The van der Waals surface area contributed by atoms with Gasteiger partial charge < -0.3 is 10.4 Å². The summed E-state index contributed by atoms with van der Waals surface area (Å²) >= 11 is 0. The van der Waals surface area contributed by atoms with Crippen LogP contribution in [-0.2, 0) is 13.6 Å². The van der Waals surface area contributed by atoms with Crippen molar-refractivity contribution in [1.29, 1.82) is 0 Å². The maximum atomic E-state index is 10.6. The van der Waals surface area contributed by atoms with Gasteiger partial charge in [-0.25, -0.2) is 4.79 Å². The first-order valence-corrected chi connectivity index (χ1v) is 5.79. The minimum absolute atomic E-state index is 0.0701. The summed E-state index contributed by atoms with van der Waals surface area (Å²) in [7, 11) is 1.90. The smallest absolute Gasteiger partial charge is 0.356 e. The minimum Gasteiger partial charge on any atom is -0.476 e. The molecule has 0 fully saturated rings. The second kappa shape index (κ2) is 5.05. The Bertz CT molecular complexity index is 603. The predicted molar refractivity (Wildman–Crippen MR) is 69.0 cm³/mol. The third kappa shape index (κ3) is 2.70. The average molecular weight is 261 g/mol. The fourth-order valence-corrected chi connectivity index (χ4v) is 1.79. The van der Waals surface area contributed by atoms with Gasteiger partial charge in [-0.3, -0.25) is 4.68 Å². The van der Waals surface area contributed by atoms with Crippen molar-refractivity contribution in [3.05, 3.63) is 34.8 Å². The highest BCUT2D eigenvalue weighted by Gasteiger charge is 2.10. The number of aromatic carboxylic acids is 1. The molecule has 2 heterocycles. The number of rotatable bonds is 4. The van der Waals surface area contributed by atoms with Gasteiger partial charge >= 0.3 is 5.97 Å². The first-order chi connectivity index (χ1) is 8.99. The second-order valence-electron chi connectivity index (χ2n) is 4.24. The molecule has 0 aromatic carbocycles. The van der Waals surface area contributed by atoms with Crippen LogP contribution < -0.4 is 5.32 Å². The second-order valence-corrected chi connectivity index (χ2v) is 4.24. The van der Waals surface area contributed by atoms with Gasteiger partial charge in [0.25, 0.3) is 0 Å². The van der Waals surface area contributed by atoms with Crippen molar-refractivity contribution < 1.29 is 9.90 Å². The Hall–Kier alpha value is -2.44. The third-order valence-corrected chi connectivity index (χ3v) is 2.99. The van der Waals surface area contributed by atoms with Gasteiger partial charge in [-0.05, 0) is 26.0 Å². The van der Waals surface area contributed by atoms with E-state index in [1.807, 2.05) is 25.6 Å². The number of carboxylic acids is 1. The van der Waals surface area contributed by atoms with Crippen LogP contribution >= 0.6 is 0 Å². The highest BCUT2D eigenvalue weighted by atomic mass is 16.4. The molecule has 0 atom stereocenters. The SMILES string of the molecule is Cc1nn(C)c(C)c1CNc1ccc(C(=O)O)nn1. The Morgan fingerprint density at radius 1 is 1.37 bits per heavy atom. The molecule has 7 heteroatoms. The van der Waals surface area contributed by atoms with E-state index in [0.29, 0.717) is 12.4 Å². The lowest BCUT2D eigenvalue weighted by molar-refractivity contribution is 0.0689. The van der Waals surface area contributed by atoms with Gasteiger partial charge in [-0.1, -0.05) is 0 Å². The number of nitrogens with zero attached hydrogens (tertiary/aromatic N) is 4. The van der Waals surface area contributed by atoms with E-state index >= 15 is 0 Å². The fraction of sp³-hybridized carbons (Fsp3) is 0.333. The molecule has 2 aromatic heterocycles. The van der Waals surface area contributed by atoms with Crippen LogP contribution in [0.5, 0.6) is 0 Å². The van der Waals surface area contributed by atoms with Crippen LogP contribution in [0.2, 0.25) is 0 Å². The van der Waals surface area contributed by atoms with Crippen molar-refractivity contribution in [3.8, 4) is 0 Å². The molecule has 100 valence electrons. The molecule has 0 aliphatic carbocycles. The number of hydrogen-bond donors (Lipinski definition) is 2. The predicted octanol–water partition coefficient (Wildman–Crippen LogP) is 1.14. The van der Waals surface area contributed by atoms with Crippen molar-refractivity contribution in [3.63, 3.8) is 0 Å². The van der Waals surface area contributed by atoms with Crippen LogP contribution in [0.15, 0.2) is 12.1 Å². The molecule has 7 nitrogen and oxygen atoms in total. The molecule has 0 aliphatic rings. The monoisotopic (exact) mass is 261 g/mol. The fourth-order valence-electron chi connectivity index (χ4n) is 1.79. The number of hydrogen-bond acceptors (Lipinski definition) is 5. The molecular formula is C12H15N5O2. The van der Waals surface area contributed by atoms with E-state index in [1.54, 1.807) is 6.07 Å². The lowest BCUT2D eigenvalue weighted by Crippen LogP contribution is -2.07. The molecule has 0 bridgehead atoms. The van der Waals surface area contributed by atoms with Gasteiger partial charge in [-0.15, -0.1) is 10.2 Å². The first-order valence-electron chi connectivity index (χ1n) is 5.79. The van der Waals surface area contributed by atoms with Gasteiger partial charge in [0, 0.05) is 24.8 Å². The quantitative estimate of drug-likeness (QED) is 0.857. The number of carboxylic acid groups (broad SMARTS) is 1. The zero-order chi connectivity index (χ0) is 14.0. The number of anilines is 1. The summed E-state index contributed by atoms with van der Waals surface area (Å²) in [5, 5.41) is 23.6. The number of aromatic nitrogens is 4. The van der Waals surface area contributed by atoms with Gasteiger partial charge in [0.15, 0.2) is 5.69 Å². The standard InChI is InChI=1S/C12H15N5O2/c1-7-9(8(2)17(3)16-7)6-13-11-5-4-10(12(18)19)14-15-11/h4-5H,6H2,1-3H3,(H,13,15)(H,18,19). The Labute approximate surface area is 110 Å². The summed E-state index contributed by atoms with van der Waals surface area (Å²) in [6, 6.07) is 3.01. The van der Waals surface area contributed by atoms with E-state index in [2.05, 4.69) is 20.6 Å². The maximum absolute atomic E-state index is 10.6. The number of nitrogens with one attached hydrogen (secondary N) is 1. The molecule has 0 aliphatic heterocycles. The van der Waals surface area contributed by atoms with Crippen molar-refractivity contribution in [2.45, 2.75) is 20.4 Å². The summed E-state index contributed by atoms with van der Waals surface area (Å²) in [6.07, 6.45) is 0. The summed E-state index contributed by atoms with van der Waals surface area (Å²) < 4.78 is 1.82. The molecule has 0 radical (unpaired) electrons. The molecule has 0 spiro atoms. The zero-order valence-corrected chi connectivity index (χ0v) is 11.0. The van der Waals surface area contributed by atoms with Gasteiger partial charge in [-0.2, -0.15) is 5.10 Å². The van der Waals surface area contributed by atoms with Gasteiger partial charge in [0.05, 0.1) is 5.69 Å². The van der Waals surface area contributed by atoms with Crippen LogP contribution in [0.3, 0.4) is 0 Å². The Balaban J connectivity index is 2.08. The highest BCUT2D eigenvalue weighted by Crippen LogP contribution is 2.13. The highest BCUT2D eigenvalue weighted by molar-refractivity contribution is 5.85. The van der Waals surface area contributed by atoms with Crippen molar-refractivity contribution in [1.82, 2.24) is 20.0 Å². The summed E-state index contributed by atoms with van der Waals surface area (Å²) in [5.41, 5.74) is 3.08. The van der Waals surface area contributed by atoms with Crippen LogP contribution in [0.1, 0.15) is 27.4 Å². The van der Waals surface area contributed by atoms with Crippen LogP contribution in [-0.4, -0.2) is 31.1 Å². The third-order valence-electron chi connectivity index (χ3n) is 2.99. The molecule has 2 aromatic rings. The Morgan fingerprint density at radius 2 is 2.11 bits per heavy atom. The summed E-state index contributed by atoms with van der Waals surface area (Å²) in [6.45, 7) is 4.52. The molecule has 0 unspecified atom stereocenters. The molecule has 0 saturated carbocycles. The lowest BCUT2D eigenvalue weighted by atomic mass is 10.2. The Kier molecular flexibility index (Phi) is 3.46. The summed E-state index contributed by atoms with van der Waals surface area (Å²) in [4.78, 5) is 10.6. The van der Waals surface area contributed by atoms with Crippen molar-refractivity contribution in [2.75, 3.05) is 5.32 Å². The molecule has 2 rings (SSSR count). The largest absolute Gasteiger partial charge is 0.476 e.